The van der Waals surface area contributed by atoms with E-state index in [9.17, 15) is 0 Å². The van der Waals surface area contributed by atoms with Crippen LogP contribution in [0, 0.1) is 6.92 Å². The Labute approximate surface area is 125 Å². The van der Waals surface area contributed by atoms with Gasteiger partial charge in [0.2, 0.25) is 5.88 Å². The van der Waals surface area contributed by atoms with E-state index in [4.69, 9.17) is 4.74 Å². The average Bonchev–Trinajstić information content (AvgIpc) is 2.41. The second-order valence-electron chi connectivity index (χ2n) is 3.86. The number of nitrogens with zero attached hydrogens (tertiary/aromatic N) is 2. The SMILES string of the molecule is CNc1cc(Oc2ccc(C)cc2Br)nc(SC)n1. The van der Waals surface area contributed by atoms with Crippen LogP contribution in [-0.2, 0) is 0 Å². The molecule has 1 aromatic carbocycles. The first-order valence-corrected chi connectivity index (χ1v) is 7.69. The van der Waals surface area contributed by atoms with Gasteiger partial charge in [0.15, 0.2) is 5.16 Å². The van der Waals surface area contributed by atoms with Crippen molar-refractivity contribution in [3.05, 3.63) is 34.3 Å². The van der Waals surface area contributed by atoms with Crippen molar-refractivity contribution in [2.45, 2.75) is 12.1 Å². The lowest BCUT2D eigenvalue weighted by Crippen LogP contribution is -1.98. The van der Waals surface area contributed by atoms with Crippen molar-refractivity contribution in [2.24, 2.45) is 0 Å². The van der Waals surface area contributed by atoms with Gasteiger partial charge in [-0.1, -0.05) is 17.8 Å². The Hall–Kier alpha value is -1.27. The van der Waals surface area contributed by atoms with E-state index in [1.807, 2.05) is 38.4 Å². The molecule has 0 saturated heterocycles. The van der Waals surface area contributed by atoms with Crippen molar-refractivity contribution in [1.29, 1.82) is 0 Å². The van der Waals surface area contributed by atoms with Crippen LogP contribution in [0.2, 0.25) is 0 Å². The molecule has 0 aliphatic heterocycles. The van der Waals surface area contributed by atoms with Crippen LogP contribution in [0.1, 0.15) is 5.56 Å². The summed E-state index contributed by atoms with van der Waals surface area (Å²) in [5.41, 5.74) is 1.17. The Morgan fingerprint density at radius 3 is 2.68 bits per heavy atom. The summed E-state index contributed by atoms with van der Waals surface area (Å²) in [4.78, 5) is 8.63. The molecule has 1 heterocycles. The molecule has 0 amide bonds. The van der Waals surface area contributed by atoms with E-state index < -0.39 is 0 Å². The Bertz CT molecular complexity index is 570. The number of hydrogen-bond acceptors (Lipinski definition) is 5. The first kappa shape index (κ1) is 14.1. The number of anilines is 1. The highest BCUT2D eigenvalue weighted by molar-refractivity contribution is 9.10. The second-order valence-corrected chi connectivity index (χ2v) is 5.49. The Kier molecular flexibility index (Phi) is 4.66. The minimum absolute atomic E-state index is 0.522. The molecule has 4 nitrogen and oxygen atoms in total. The molecule has 0 fully saturated rings. The summed E-state index contributed by atoms with van der Waals surface area (Å²) in [6.07, 6.45) is 1.93. The van der Waals surface area contributed by atoms with Gasteiger partial charge in [-0.2, -0.15) is 4.98 Å². The number of aryl methyl sites for hydroxylation is 1. The van der Waals surface area contributed by atoms with Gasteiger partial charge in [0.25, 0.3) is 0 Å². The van der Waals surface area contributed by atoms with Crippen LogP contribution in [-0.4, -0.2) is 23.3 Å². The van der Waals surface area contributed by atoms with Crippen LogP contribution in [0.5, 0.6) is 11.6 Å². The summed E-state index contributed by atoms with van der Waals surface area (Å²) >= 11 is 4.96. The van der Waals surface area contributed by atoms with E-state index in [1.165, 1.54) is 17.3 Å². The summed E-state index contributed by atoms with van der Waals surface area (Å²) in [6.45, 7) is 2.03. The minimum atomic E-state index is 0.522. The van der Waals surface area contributed by atoms with Crippen molar-refractivity contribution in [2.75, 3.05) is 18.6 Å². The molecule has 0 aliphatic carbocycles. The predicted molar refractivity (Wildman–Crippen MR) is 82.3 cm³/mol. The highest BCUT2D eigenvalue weighted by atomic mass is 79.9. The highest BCUT2D eigenvalue weighted by Crippen LogP contribution is 2.30. The van der Waals surface area contributed by atoms with Crippen LogP contribution in [0.25, 0.3) is 0 Å². The lowest BCUT2D eigenvalue weighted by molar-refractivity contribution is 0.453. The van der Waals surface area contributed by atoms with Crippen LogP contribution in [0.15, 0.2) is 33.9 Å². The summed E-state index contributed by atoms with van der Waals surface area (Å²) in [5.74, 6) is 1.99. The second kappa shape index (κ2) is 6.25. The molecule has 100 valence electrons. The number of nitrogens with one attached hydrogen (secondary N) is 1. The van der Waals surface area contributed by atoms with Gasteiger partial charge in [-0.25, -0.2) is 4.98 Å². The molecule has 0 radical (unpaired) electrons. The number of ether oxygens (including phenoxy) is 1. The van der Waals surface area contributed by atoms with Crippen molar-refractivity contribution >= 4 is 33.5 Å². The normalized spacial score (nSPS) is 10.3. The lowest BCUT2D eigenvalue weighted by Gasteiger charge is -2.09. The molecule has 0 spiro atoms. The third-order valence-electron chi connectivity index (χ3n) is 2.42. The van der Waals surface area contributed by atoms with Crippen molar-refractivity contribution in [1.82, 2.24) is 9.97 Å². The number of aromatic nitrogens is 2. The maximum absolute atomic E-state index is 5.80. The zero-order chi connectivity index (χ0) is 13.8. The van der Waals surface area contributed by atoms with Gasteiger partial charge in [-0.3, -0.25) is 0 Å². The van der Waals surface area contributed by atoms with Gasteiger partial charge >= 0.3 is 0 Å². The number of halogens is 1. The van der Waals surface area contributed by atoms with Crippen molar-refractivity contribution in [3.8, 4) is 11.6 Å². The Morgan fingerprint density at radius 1 is 1.26 bits per heavy atom. The van der Waals surface area contributed by atoms with Gasteiger partial charge in [-0.15, -0.1) is 0 Å². The van der Waals surface area contributed by atoms with Gasteiger partial charge in [0, 0.05) is 13.1 Å². The van der Waals surface area contributed by atoms with Crippen LogP contribution < -0.4 is 10.1 Å². The molecular formula is C13H14BrN3OS. The summed E-state index contributed by atoms with van der Waals surface area (Å²) < 4.78 is 6.70. The van der Waals surface area contributed by atoms with Crippen LogP contribution >= 0.6 is 27.7 Å². The average molecular weight is 340 g/mol. The largest absolute Gasteiger partial charge is 0.438 e. The van der Waals surface area contributed by atoms with E-state index in [1.54, 1.807) is 6.07 Å². The predicted octanol–water partition coefficient (Wildman–Crippen LogP) is 4.10. The molecule has 0 unspecified atom stereocenters. The quantitative estimate of drug-likeness (QED) is 0.671. The monoisotopic (exact) mass is 339 g/mol. The lowest BCUT2D eigenvalue weighted by atomic mass is 10.2. The molecule has 0 saturated carbocycles. The molecular weight excluding hydrogens is 326 g/mol. The molecule has 0 bridgehead atoms. The summed E-state index contributed by atoms with van der Waals surface area (Å²) in [7, 11) is 1.82. The number of thioether (sulfide) groups is 1. The summed E-state index contributed by atoms with van der Waals surface area (Å²) in [5, 5.41) is 3.67. The third-order valence-corrected chi connectivity index (χ3v) is 3.59. The summed E-state index contributed by atoms with van der Waals surface area (Å²) in [6, 6.07) is 7.69. The fourth-order valence-electron chi connectivity index (χ4n) is 1.48. The molecule has 0 aliphatic rings. The van der Waals surface area contributed by atoms with Crippen molar-refractivity contribution < 1.29 is 4.74 Å². The van der Waals surface area contributed by atoms with E-state index in [0.717, 1.165) is 16.0 Å². The van der Waals surface area contributed by atoms with Gasteiger partial charge in [-0.05, 0) is 46.8 Å². The topological polar surface area (TPSA) is 47.0 Å². The Morgan fingerprint density at radius 2 is 2.05 bits per heavy atom. The maximum Gasteiger partial charge on any atom is 0.225 e. The molecule has 19 heavy (non-hydrogen) atoms. The molecule has 6 heteroatoms. The smallest absolute Gasteiger partial charge is 0.225 e. The standard InChI is InChI=1S/C13H14BrN3OS/c1-8-4-5-10(9(14)6-8)18-12-7-11(15-2)16-13(17-12)19-3/h4-7H,1-3H3,(H,15,16,17). The van der Waals surface area contributed by atoms with E-state index in [-0.39, 0.29) is 0 Å². The first-order valence-electron chi connectivity index (χ1n) is 5.67. The highest BCUT2D eigenvalue weighted by Gasteiger charge is 2.07. The zero-order valence-electron chi connectivity index (χ0n) is 10.9. The van der Waals surface area contributed by atoms with Gasteiger partial charge in [0.1, 0.15) is 11.6 Å². The van der Waals surface area contributed by atoms with Crippen LogP contribution in [0.3, 0.4) is 0 Å². The van der Waals surface area contributed by atoms with E-state index >= 15 is 0 Å². The molecule has 2 aromatic rings. The number of rotatable bonds is 4. The third kappa shape index (κ3) is 3.61. The van der Waals surface area contributed by atoms with E-state index in [2.05, 4.69) is 31.2 Å². The minimum Gasteiger partial charge on any atom is -0.438 e. The number of hydrogen-bond donors (Lipinski definition) is 1. The Balaban J connectivity index is 2.31. The fourth-order valence-corrected chi connectivity index (χ4v) is 2.42. The van der Waals surface area contributed by atoms with E-state index in [0.29, 0.717) is 11.0 Å². The maximum atomic E-state index is 5.80. The fraction of sp³-hybridized carbons (Fsp3) is 0.231. The molecule has 1 N–H and O–H groups in total. The van der Waals surface area contributed by atoms with Gasteiger partial charge < -0.3 is 10.1 Å². The van der Waals surface area contributed by atoms with Crippen LogP contribution in [0.4, 0.5) is 5.82 Å². The molecule has 2 rings (SSSR count). The van der Waals surface area contributed by atoms with Crippen molar-refractivity contribution in [3.63, 3.8) is 0 Å². The molecule has 1 aromatic heterocycles. The van der Waals surface area contributed by atoms with Gasteiger partial charge in [0.05, 0.1) is 4.47 Å². The zero-order valence-corrected chi connectivity index (χ0v) is 13.3. The first-order chi connectivity index (χ1) is 9.12. The number of benzene rings is 1. The molecule has 0 atom stereocenters.